The van der Waals surface area contributed by atoms with Gasteiger partial charge in [-0.2, -0.15) is 4.73 Å². The fraction of sp³-hybridized carbons (Fsp3) is 0. The molecule has 3 heteroatoms. The Hall–Kier alpha value is -1.25. The lowest BCUT2D eigenvalue weighted by atomic mass is 10.5. The van der Waals surface area contributed by atoms with Crippen LogP contribution >= 0.6 is 0 Å². The van der Waals surface area contributed by atoms with E-state index < -0.39 is 0 Å². The Kier molecular flexibility index (Phi) is 1.04. The van der Waals surface area contributed by atoms with Crippen molar-refractivity contribution in [2.75, 3.05) is 0 Å². The van der Waals surface area contributed by atoms with Gasteiger partial charge in [-0.05, 0) is 12.1 Å². The van der Waals surface area contributed by atoms with Crippen molar-refractivity contribution in [1.29, 1.82) is 5.41 Å². The van der Waals surface area contributed by atoms with Crippen molar-refractivity contribution in [2.24, 2.45) is 0 Å². The molecule has 0 saturated heterocycles. The van der Waals surface area contributed by atoms with Crippen LogP contribution in [-0.2, 0) is 0 Å². The smallest absolute Gasteiger partial charge is 0.160 e. The van der Waals surface area contributed by atoms with E-state index in [1.54, 1.807) is 12.1 Å². The Morgan fingerprint density at radius 3 is 2.62 bits per heavy atom. The van der Waals surface area contributed by atoms with Gasteiger partial charge in [0.15, 0.2) is 5.49 Å². The van der Waals surface area contributed by atoms with E-state index in [1.165, 1.54) is 12.3 Å². The maximum Gasteiger partial charge on any atom is 0.160 e. The number of nitrogens with zero attached hydrogens (tertiary/aromatic N) is 1. The number of nitrogens with one attached hydrogen (secondary N) is 1. The first-order valence-corrected chi connectivity index (χ1v) is 2.22. The molecule has 8 heavy (non-hydrogen) atoms. The number of rotatable bonds is 0. The van der Waals surface area contributed by atoms with Crippen molar-refractivity contribution in [3.63, 3.8) is 0 Å². The molecule has 0 spiro atoms. The zero-order valence-electron chi connectivity index (χ0n) is 4.20. The maximum absolute atomic E-state index is 8.65. The van der Waals surface area contributed by atoms with Crippen LogP contribution in [0.4, 0.5) is 0 Å². The summed E-state index contributed by atoms with van der Waals surface area (Å²) in [6.45, 7) is 0. The minimum Gasteiger partial charge on any atom is -0.427 e. The summed E-state index contributed by atoms with van der Waals surface area (Å²) >= 11 is 0. The molecule has 0 aliphatic rings. The molecule has 0 amide bonds. The molecule has 1 rings (SSSR count). The third-order valence-electron chi connectivity index (χ3n) is 0.839. The fourth-order valence-corrected chi connectivity index (χ4v) is 0.435. The van der Waals surface area contributed by atoms with E-state index >= 15 is 0 Å². The van der Waals surface area contributed by atoms with Gasteiger partial charge in [-0.3, -0.25) is 5.41 Å². The minimum absolute atomic E-state index is 0.0903. The summed E-state index contributed by atoms with van der Waals surface area (Å²) in [5.74, 6) is 0. The van der Waals surface area contributed by atoms with Gasteiger partial charge in [0.2, 0.25) is 0 Å². The van der Waals surface area contributed by atoms with Crippen LogP contribution in [0.2, 0.25) is 0 Å². The second-order valence-electron chi connectivity index (χ2n) is 1.43. The van der Waals surface area contributed by atoms with E-state index in [1.807, 2.05) is 0 Å². The molecule has 1 heterocycles. The molecular weight excluding hydrogens is 104 g/mol. The molecule has 0 unspecified atom stereocenters. The van der Waals surface area contributed by atoms with Crippen LogP contribution in [0, 0.1) is 5.41 Å². The zero-order chi connectivity index (χ0) is 5.98. The Balaban J connectivity index is 3.35. The molecule has 2 N–H and O–H groups in total. The molecule has 0 aromatic carbocycles. The van der Waals surface area contributed by atoms with E-state index in [4.69, 9.17) is 10.6 Å². The average molecular weight is 110 g/mol. The van der Waals surface area contributed by atoms with E-state index in [-0.39, 0.29) is 5.49 Å². The van der Waals surface area contributed by atoms with Crippen LogP contribution in [0.5, 0.6) is 0 Å². The molecule has 1 aromatic rings. The highest BCUT2D eigenvalue weighted by molar-refractivity contribution is 4.88. The van der Waals surface area contributed by atoms with E-state index in [0.717, 1.165) is 4.73 Å². The quantitative estimate of drug-likeness (QED) is 0.460. The first-order valence-electron chi connectivity index (χ1n) is 2.22. The van der Waals surface area contributed by atoms with Gasteiger partial charge >= 0.3 is 0 Å². The Morgan fingerprint density at radius 1 is 1.50 bits per heavy atom. The summed E-state index contributed by atoms with van der Waals surface area (Å²) in [6.07, 6.45) is 1.41. The topological polar surface area (TPSA) is 49.0 Å². The van der Waals surface area contributed by atoms with Crippen molar-refractivity contribution in [3.8, 4) is 0 Å². The summed E-state index contributed by atoms with van der Waals surface area (Å²) < 4.78 is 0.750. The molecule has 1 aromatic heterocycles. The van der Waals surface area contributed by atoms with Crippen LogP contribution in [0.3, 0.4) is 0 Å². The monoisotopic (exact) mass is 110 g/mol. The van der Waals surface area contributed by atoms with Gasteiger partial charge in [0.05, 0.1) is 0 Å². The lowest BCUT2D eigenvalue weighted by Gasteiger charge is -1.90. The molecule has 0 aliphatic heterocycles. The normalized spacial score (nSPS) is 9.00. The molecule has 0 bridgehead atoms. The van der Waals surface area contributed by atoms with E-state index in [0.29, 0.717) is 0 Å². The Morgan fingerprint density at radius 2 is 2.25 bits per heavy atom. The lowest BCUT2D eigenvalue weighted by molar-refractivity contribution is 0.170. The third-order valence-corrected chi connectivity index (χ3v) is 0.839. The largest absolute Gasteiger partial charge is 0.427 e. The van der Waals surface area contributed by atoms with Gasteiger partial charge in [0, 0.05) is 6.20 Å². The summed E-state index contributed by atoms with van der Waals surface area (Å²) in [4.78, 5) is 0. The van der Waals surface area contributed by atoms with Gasteiger partial charge in [-0.25, -0.2) is 0 Å². The van der Waals surface area contributed by atoms with Gasteiger partial charge in [0.1, 0.15) is 0 Å². The second kappa shape index (κ2) is 1.69. The van der Waals surface area contributed by atoms with Crippen molar-refractivity contribution >= 4 is 0 Å². The molecule has 0 radical (unpaired) electrons. The molecule has 0 atom stereocenters. The number of hydrogen-bond acceptors (Lipinski definition) is 2. The fourth-order valence-electron chi connectivity index (χ4n) is 0.435. The minimum atomic E-state index is 0.0903. The first kappa shape index (κ1) is 4.90. The Labute approximate surface area is 46.3 Å². The number of pyridine rings is 1. The predicted octanol–water partition coefficient (Wildman–Crippen LogP) is 0.205. The van der Waals surface area contributed by atoms with Crippen LogP contribution in [-0.4, -0.2) is 9.94 Å². The van der Waals surface area contributed by atoms with Crippen molar-refractivity contribution < 1.29 is 5.21 Å². The standard InChI is InChI=1S/C5H6N2O/c6-5-3-1-2-4-7(5)8/h1-4,6,8H. The SMILES string of the molecule is N=c1ccccn1O. The van der Waals surface area contributed by atoms with Gasteiger partial charge in [0.25, 0.3) is 0 Å². The molecule has 0 saturated carbocycles. The summed E-state index contributed by atoms with van der Waals surface area (Å²) in [6, 6.07) is 4.84. The average Bonchev–Trinajstić information content (AvgIpc) is 1.77. The van der Waals surface area contributed by atoms with Crippen molar-refractivity contribution in [1.82, 2.24) is 4.73 Å². The highest BCUT2D eigenvalue weighted by Gasteiger charge is 1.77. The highest BCUT2D eigenvalue weighted by atomic mass is 16.5. The lowest BCUT2D eigenvalue weighted by Crippen LogP contribution is -2.14. The predicted molar refractivity (Wildman–Crippen MR) is 27.5 cm³/mol. The molecule has 0 fully saturated rings. The van der Waals surface area contributed by atoms with Crippen LogP contribution in [0.15, 0.2) is 24.4 Å². The molecule has 42 valence electrons. The second-order valence-corrected chi connectivity index (χ2v) is 1.43. The van der Waals surface area contributed by atoms with Crippen LogP contribution in [0.1, 0.15) is 0 Å². The van der Waals surface area contributed by atoms with Gasteiger partial charge < -0.3 is 5.21 Å². The van der Waals surface area contributed by atoms with Crippen molar-refractivity contribution in [2.45, 2.75) is 0 Å². The van der Waals surface area contributed by atoms with Crippen LogP contribution < -0.4 is 5.49 Å². The molecular formula is C5H6N2O. The summed E-state index contributed by atoms with van der Waals surface area (Å²) in [5, 5.41) is 15.6. The Bertz CT molecular complexity index is 228. The number of aromatic nitrogens is 1. The molecule has 0 aliphatic carbocycles. The molecule has 3 nitrogen and oxygen atoms in total. The maximum atomic E-state index is 8.65. The van der Waals surface area contributed by atoms with Gasteiger partial charge in [-0.15, -0.1) is 0 Å². The van der Waals surface area contributed by atoms with E-state index in [9.17, 15) is 0 Å². The summed E-state index contributed by atoms with van der Waals surface area (Å²) in [7, 11) is 0. The van der Waals surface area contributed by atoms with Crippen molar-refractivity contribution in [3.05, 3.63) is 29.9 Å². The third kappa shape index (κ3) is 0.703. The van der Waals surface area contributed by atoms with Crippen LogP contribution in [0.25, 0.3) is 0 Å². The summed E-state index contributed by atoms with van der Waals surface area (Å²) in [5.41, 5.74) is 0.0903. The van der Waals surface area contributed by atoms with E-state index in [2.05, 4.69) is 0 Å². The van der Waals surface area contributed by atoms with Gasteiger partial charge in [-0.1, -0.05) is 6.07 Å². The first-order chi connectivity index (χ1) is 3.80. The number of hydrogen-bond donors (Lipinski definition) is 2. The highest BCUT2D eigenvalue weighted by Crippen LogP contribution is 1.72. The zero-order valence-corrected chi connectivity index (χ0v) is 4.20.